The Balaban J connectivity index is 2.23. The minimum absolute atomic E-state index is 0.273. The summed E-state index contributed by atoms with van der Waals surface area (Å²) in [4.78, 5) is 17.8. The number of aliphatic hydroxyl groups is 1. The lowest BCUT2D eigenvalue weighted by Gasteiger charge is -2.30. The third kappa shape index (κ3) is 12.4. The fourth-order valence-corrected chi connectivity index (χ4v) is 3.83. The van der Waals surface area contributed by atoms with Crippen molar-refractivity contribution in [2.24, 2.45) is 0 Å². The van der Waals surface area contributed by atoms with Crippen molar-refractivity contribution in [2.75, 3.05) is 68.5 Å². The van der Waals surface area contributed by atoms with E-state index < -0.39 is 0 Å². The predicted octanol–water partition coefficient (Wildman–Crippen LogP) is 3.91. The summed E-state index contributed by atoms with van der Waals surface area (Å²) in [5.41, 5.74) is 0.827. The molecular weight excluding hydrogens is 404 g/mol. The molecule has 1 rings (SSSR count). The Hall–Kier alpha value is -1.70. The smallest absolute Gasteiger partial charge is 0.408 e. The van der Waals surface area contributed by atoms with Crippen LogP contribution < -0.4 is 4.74 Å². The third-order valence-electron chi connectivity index (χ3n) is 5.97. The summed E-state index contributed by atoms with van der Waals surface area (Å²) < 4.78 is 7.23. The molecule has 0 radical (unpaired) electrons. The first-order valence-electron chi connectivity index (χ1n) is 12.1. The van der Waals surface area contributed by atoms with E-state index in [1.54, 1.807) is 26.4 Å². The zero-order valence-electron chi connectivity index (χ0n) is 21.5. The van der Waals surface area contributed by atoms with Gasteiger partial charge in [-0.2, -0.15) is 0 Å². The molecule has 0 aliphatic heterocycles. The van der Waals surface area contributed by atoms with Crippen molar-refractivity contribution in [2.45, 2.75) is 57.9 Å². The summed E-state index contributed by atoms with van der Waals surface area (Å²) in [7, 11) is 12.2. The van der Waals surface area contributed by atoms with Gasteiger partial charge in [0.1, 0.15) is 18.8 Å². The predicted molar refractivity (Wildman–Crippen MR) is 130 cm³/mol. The first kappa shape index (κ1) is 28.3. The summed E-state index contributed by atoms with van der Waals surface area (Å²) in [5.74, 6) is 0.552. The molecule has 1 aromatic rings. The number of rotatable bonds is 16. The molecule has 7 heteroatoms. The SMILES string of the molecule is CN(C)C(=O)Oc1cccnc1C[N+](C)(C)CCCCCCCCCC[N+](C)(C)CCO. The minimum atomic E-state index is -0.377. The summed E-state index contributed by atoms with van der Waals surface area (Å²) in [5, 5.41) is 9.09. The highest BCUT2D eigenvalue weighted by Gasteiger charge is 2.21. The van der Waals surface area contributed by atoms with Crippen molar-refractivity contribution in [3.8, 4) is 5.75 Å². The van der Waals surface area contributed by atoms with Crippen LogP contribution >= 0.6 is 0 Å². The van der Waals surface area contributed by atoms with Gasteiger partial charge in [-0.3, -0.25) is 4.98 Å². The topological polar surface area (TPSA) is 62.7 Å². The van der Waals surface area contributed by atoms with Gasteiger partial charge in [0, 0.05) is 20.3 Å². The van der Waals surface area contributed by atoms with E-state index in [2.05, 4.69) is 33.2 Å². The summed E-state index contributed by atoms with van der Waals surface area (Å²) in [6.07, 6.45) is 11.6. The number of pyridine rings is 1. The molecule has 184 valence electrons. The molecule has 0 spiro atoms. The number of nitrogens with zero attached hydrogens (tertiary/aromatic N) is 4. The zero-order valence-corrected chi connectivity index (χ0v) is 21.5. The molecule has 1 N–H and O–H groups in total. The number of carbonyl (C=O) groups excluding carboxylic acids is 1. The van der Waals surface area contributed by atoms with Crippen LogP contribution in [0.1, 0.15) is 57.1 Å². The molecule has 0 saturated heterocycles. The van der Waals surface area contributed by atoms with Crippen LogP contribution in [-0.4, -0.2) is 98.6 Å². The molecule has 0 atom stereocenters. The maximum absolute atomic E-state index is 11.9. The molecular formula is C25H48N4O3+2. The molecule has 0 aliphatic rings. The van der Waals surface area contributed by atoms with Crippen molar-refractivity contribution >= 4 is 6.09 Å². The maximum Gasteiger partial charge on any atom is 0.414 e. The van der Waals surface area contributed by atoms with Crippen molar-refractivity contribution in [3.05, 3.63) is 24.0 Å². The average molecular weight is 453 g/mol. The van der Waals surface area contributed by atoms with E-state index >= 15 is 0 Å². The summed E-state index contributed by atoms with van der Waals surface area (Å²) in [6, 6.07) is 3.62. The van der Waals surface area contributed by atoms with Crippen LogP contribution in [0.5, 0.6) is 5.75 Å². The Kier molecular flexibility index (Phi) is 12.8. The van der Waals surface area contributed by atoms with Gasteiger partial charge in [0.25, 0.3) is 0 Å². The number of aromatic nitrogens is 1. The van der Waals surface area contributed by atoms with Crippen molar-refractivity contribution in [1.29, 1.82) is 0 Å². The molecule has 1 amide bonds. The quantitative estimate of drug-likeness (QED) is 0.305. The zero-order chi connectivity index (χ0) is 24.0. The molecule has 7 nitrogen and oxygen atoms in total. The van der Waals surface area contributed by atoms with E-state index in [9.17, 15) is 4.79 Å². The number of carbonyl (C=O) groups is 1. The van der Waals surface area contributed by atoms with E-state index in [-0.39, 0.29) is 12.7 Å². The Labute approximate surface area is 196 Å². The second-order valence-electron chi connectivity index (χ2n) is 10.5. The lowest BCUT2D eigenvalue weighted by Crippen LogP contribution is -2.42. The number of amides is 1. The Morgan fingerprint density at radius 1 is 0.906 bits per heavy atom. The van der Waals surface area contributed by atoms with Crippen LogP contribution in [0.15, 0.2) is 18.3 Å². The molecule has 32 heavy (non-hydrogen) atoms. The average Bonchev–Trinajstić information content (AvgIpc) is 2.70. The number of hydrogen-bond donors (Lipinski definition) is 1. The highest BCUT2D eigenvalue weighted by Crippen LogP contribution is 2.21. The van der Waals surface area contributed by atoms with Crippen LogP contribution in [0.4, 0.5) is 4.79 Å². The fourth-order valence-electron chi connectivity index (χ4n) is 3.83. The van der Waals surface area contributed by atoms with Gasteiger partial charge in [0.05, 0.1) is 47.9 Å². The fraction of sp³-hybridized carbons (Fsp3) is 0.760. The van der Waals surface area contributed by atoms with Crippen LogP contribution in [0.25, 0.3) is 0 Å². The number of hydrogen-bond acceptors (Lipinski definition) is 4. The van der Waals surface area contributed by atoms with Crippen LogP contribution in [0.2, 0.25) is 0 Å². The Morgan fingerprint density at radius 3 is 1.97 bits per heavy atom. The molecule has 1 aromatic heterocycles. The van der Waals surface area contributed by atoms with Crippen LogP contribution in [-0.2, 0) is 6.54 Å². The summed E-state index contributed by atoms with van der Waals surface area (Å²) >= 11 is 0. The Morgan fingerprint density at radius 2 is 1.44 bits per heavy atom. The highest BCUT2D eigenvalue weighted by molar-refractivity contribution is 5.70. The third-order valence-corrected chi connectivity index (χ3v) is 5.97. The first-order chi connectivity index (χ1) is 15.1. The standard InChI is InChI=1S/C25H48N4O3/c1-27(2)25(31)32-24-16-15-17-26-23(24)22-29(5,6)19-14-12-10-8-7-9-11-13-18-28(3,4)20-21-30/h15-17,30H,7-14,18-22H2,1-6H3/q+2. The maximum atomic E-state index is 11.9. The first-order valence-corrected chi connectivity index (χ1v) is 12.1. The van der Waals surface area contributed by atoms with Gasteiger partial charge >= 0.3 is 6.09 Å². The molecule has 1 heterocycles. The van der Waals surface area contributed by atoms with Crippen molar-refractivity contribution < 1.29 is 23.6 Å². The van der Waals surface area contributed by atoms with E-state index in [1.165, 1.54) is 56.3 Å². The molecule has 0 fully saturated rings. The molecule has 0 saturated carbocycles. The van der Waals surface area contributed by atoms with E-state index in [0.717, 1.165) is 40.8 Å². The number of aliphatic hydroxyl groups excluding tert-OH is 1. The normalized spacial score (nSPS) is 12.1. The monoisotopic (exact) mass is 452 g/mol. The summed E-state index contributed by atoms with van der Waals surface area (Å²) in [6.45, 7) is 4.09. The van der Waals surface area contributed by atoms with Gasteiger partial charge in [-0.05, 0) is 37.8 Å². The number of unbranched alkanes of at least 4 members (excludes halogenated alkanes) is 7. The second kappa shape index (κ2) is 14.4. The van der Waals surface area contributed by atoms with Gasteiger partial charge < -0.3 is 23.7 Å². The van der Waals surface area contributed by atoms with Gasteiger partial charge in [0.2, 0.25) is 0 Å². The molecule has 0 unspecified atom stereocenters. The van der Waals surface area contributed by atoms with Gasteiger partial charge in [0.15, 0.2) is 5.75 Å². The van der Waals surface area contributed by atoms with E-state index in [0.29, 0.717) is 5.75 Å². The van der Waals surface area contributed by atoms with Crippen molar-refractivity contribution in [1.82, 2.24) is 9.88 Å². The van der Waals surface area contributed by atoms with Crippen LogP contribution in [0.3, 0.4) is 0 Å². The molecule has 0 bridgehead atoms. The molecule has 0 aliphatic carbocycles. The van der Waals surface area contributed by atoms with Gasteiger partial charge in [-0.25, -0.2) is 4.79 Å². The van der Waals surface area contributed by atoms with Gasteiger partial charge in [-0.1, -0.05) is 25.7 Å². The van der Waals surface area contributed by atoms with Crippen molar-refractivity contribution in [3.63, 3.8) is 0 Å². The largest absolute Gasteiger partial charge is 0.414 e. The second-order valence-corrected chi connectivity index (χ2v) is 10.5. The Bertz CT molecular complexity index is 662. The number of ether oxygens (including phenoxy) is 1. The van der Waals surface area contributed by atoms with E-state index in [1.807, 2.05) is 6.07 Å². The minimum Gasteiger partial charge on any atom is -0.408 e. The lowest BCUT2D eigenvalue weighted by molar-refractivity contribution is -0.904. The number of quaternary nitrogens is 2. The van der Waals surface area contributed by atoms with E-state index in [4.69, 9.17) is 9.84 Å². The van der Waals surface area contributed by atoms with Crippen LogP contribution in [0, 0.1) is 0 Å². The number of likely N-dealkylation sites (N-methyl/N-ethyl adjacent to an activating group) is 1. The van der Waals surface area contributed by atoms with Gasteiger partial charge in [-0.15, -0.1) is 0 Å². The molecule has 0 aromatic carbocycles. The highest BCUT2D eigenvalue weighted by atomic mass is 16.6. The lowest BCUT2D eigenvalue weighted by atomic mass is 10.1.